The molecular weight excluding hydrogens is 264 g/mol. The quantitative estimate of drug-likeness (QED) is 0.437. The number of carbonyl (C=O) groups excluding carboxylic acids is 2. The molecule has 6 heteroatoms. The van der Waals surface area contributed by atoms with Crippen molar-refractivity contribution in [2.24, 2.45) is 5.41 Å². The second-order valence-corrected chi connectivity index (χ2v) is 5.61. The standard InChI is InChI=1S/C14H22O6/c1-6-9-19-10(15)7-8-14(5,11(16)17)12(18)20-13(2,3)4/h6H,1,7-9H2,2-5H3,(H,16,17). The summed E-state index contributed by atoms with van der Waals surface area (Å²) in [6.45, 7) is 9.62. The maximum Gasteiger partial charge on any atom is 0.323 e. The molecule has 6 nitrogen and oxygen atoms in total. The Morgan fingerprint density at radius 1 is 1.20 bits per heavy atom. The molecule has 0 aromatic rings. The maximum atomic E-state index is 12.0. The lowest BCUT2D eigenvalue weighted by Gasteiger charge is -2.28. The number of ether oxygens (including phenoxy) is 2. The van der Waals surface area contributed by atoms with Crippen LogP contribution in [-0.4, -0.2) is 35.2 Å². The molecule has 0 aromatic heterocycles. The van der Waals surface area contributed by atoms with Crippen molar-refractivity contribution in [2.45, 2.75) is 46.1 Å². The zero-order chi connectivity index (χ0) is 16.0. The van der Waals surface area contributed by atoms with E-state index in [4.69, 9.17) is 9.47 Å². The van der Waals surface area contributed by atoms with Gasteiger partial charge in [0.15, 0.2) is 5.41 Å². The Morgan fingerprint density at radius 3 is 2.15 bits per heavy atom. The van der Waals surface area contributed by atoms with Gasteiger partial charge in [-0.3, -0.25) is 14.4 Å². The predicted molar refractivity (Wildman–Crippen MR) is 72.0 cm³/mol. The molecule has 1 atom stereocenters. The molecule has 0 fully saturated rings. The number of aliphatic carboxylic acids is 1. The Balaban J connectivity index is 4.77. The summed E-state index contributed by atoms with van der Waals surface area (Å²) in [6, 6.07) is 0. The SMILES string of the molecule is C=CCOC(=O)CCC(C)(C(=O)O)C(=O)OC(C)(C)C. The van der Waals surface area contributed by atoms with Crippen molar-refractivity contribution in [3.05, 3.63) is 12.7 Å². The van der Waals surface area contributed by atoms with Crippen LogP contribution in [0.1, 0.15) is 40.5 Å². The number of hydrogen-bond acceptors (Lipinski definition) is 5. The maximum absolute atomic E-state index is 12.0. The van der Waals surface area contributed by atoms with Gasteiger partial charge in [-0.2, -0.15) is 0 Å². The average molecular weight is 286 g/mol. The van der Waals surface area contributed by atoms with Gasteiger partial charge in [0.25, 0.3) is 0 Å². The van der Waals surface area contributed by atoms with Gasteiger partial charge in [0, 0.05) is 6.42 Å². The van der Waals surface area contributed by atoms with Crippen LogP contribution in [0.3, 0.4) is 0 Å². The molecule has 0 saturated carbocycles. The first-order chi connectivity index (χ1) is 9.03. The van der Waals surface area contributed by atoms with Crippen LogP contribution < -0.4 is 0 Å². The molecule has 20 heavy (non-hydrogen) atoms. The third-order valence-corrected chi connectivity index (χ3v) is 2.51. The number of esters is 2. The van der Waals surface area contributed by atoms with Gasteiger partial charge in [0.1, 0.15) is 12.2 Å². The first-order valence-electron chi connectivity index (χ1n) is 6.26. The van der Waals surface area contributed by atoms with E-state index in [9.17, 15) is 19.5 Å². The zero-order valence-corrected chi connectivity index (χ0v) is 12.4. The molecule has 0 heterocycles. The summed E-state index contributed by atoms with van der Waals surface area (Å²) < 4.78 is 9.83. The molecule has 0 bridgehead atoms. The van der Waals surface area contributed by atoms with E-state index >= 15 is 0 Å². The van der Waals surface area contributed by atoms with Gasteiger partial charge in [-0.25, -0.2) is 0 Å². The Kier molecular flexibility index (Phi) is 6.42. The lowest BCUT2D eigenvalue weighted by molar-refractivity contribution is -0.176. The second kappa shape index (κ2) is 7.07. The number of rotatable bonds is 7. The lowest BCUT2D eigenvalue weighted by Crippen LogP contribution is -2.41. The van der Waals surface area contributed by atoms with Crippen LogP contribution in [-0.2, 0) is 23.9 Å². The Labute approximate surface area is 118 Å². The largest absolute Gasteiger partial charge is 0.480 e. The van der Waals surface area contributed by atoms with E-state index in [2.05, 4.69) is 6.58 Å². The van der Waals surface area contributed by atoms with Crippen molar-refractivity contribution in [3.8, 4) is 0 Å². The Hall–Kier alpha value is -1.85. The van der Waals surface area contributed by atoms with Gasteiger partial charge in [0.2, 0.25) is 0 Å². The van der Waals surface area contributed by atoms with Crippen molar-refractivity contribution in [1.29, 1.82) is 0 Å². The normalized spacial score (nSPS) is 14.0. The predicted octanol–water partition coefficient (Wildman–Crippen LogP) is 1.93. The number of carbonyl (C=O) groups is 3. The molecule has 1 N–H and O–H groups in total. The molecular formula is C14H22O6. The summed E-state index contributed by atoms with van der Waals surface area (Å²) in [5, 5.41) is 9.22. The molecule has 0 aliphatic heterocycles. The fraction of sp³-hybridized carbons (Fsp3) is 0.643. The van der Waals surface area contributed by atoms with Gasteiger partial charge < -0.3 is 14.6 Å². The van der Waals surface area contributed by atoms with E-state index in [1.54, 1.807) is 20.8 Å². The minimum Gasteiger partial charge on any atom is -0.480 e. The average Bonchev–Trinajstić information content (AvgIpc) is 2.30. The smallest absolute Gasteiger partial charge is 0.323 e. The van der Waals surface area contributed by atoms with E-state index in [0.29, 0.717) is 0 Å². The second-order valence-electron chi connectivity index (χ2n) is 5.61. The zero-order valence-electron chi connectivity index (χ0n) is 12.4. The highest BCUT2D eigenvalue weighted by Crippen LogP contribution is 2.28. The van der Waals surface area contributed by atoms with Crippen LogP contribution in [0.4, 0.5) is 0 Å². The van der Waals surface area contributed by atoms with Gasteiger partial charge in [-0.05, 0) is 34.1 Å². The highest BCUT2D eigenvalue weighted by Gasteiger charge is 2.44. The summed E-state index contributed by atoms with van der Waals surface area (Å²) in [6.07, 6.45) is 1.03. The number of carboxylic acids is 1. The van der Waals surface area contributed by atoms with Gasteiger partial charge in [-0.1, -0.05) is 12.7 Å². The van der Waals surface area contributed by atoms with E-state index in [1.165, 1.54) is 13.0 Å². The van der Waals surface area contributed by atoms with Crippen LogP contribution in [0.15, 0.2) is 12.7 Å². The molecule has 0 spiro atoms. The number of hydrogen-bond donors (Lipinski definition) is 1. The lowest BCUT2D eigenvalue weighted by atomic mass is 9.85. The molecule has 0 aliphatic carbocycles. The summed E-state index contributed by atoms with van der Waals surface area (Å²) in [4.78, 5) is 34.6. The minimum atomic E-state index is -1.78. The van der Waals surface area contributed by atoms with Crippen molar-refractivity contribution >= 4 is 17.9 Å². The monoisotopic (exact) mass is 286 g/mol. The van der Waals surface area contributed by atoms with Crippen molar-refractivity contribution in [1.82, 2.24) is 0 Å². The van der Waals surface area contributed by atoms with Crippen LogP contribution in [0.25, 0.3) is 0 Å². The fourth-order valence-electron chi connectivity index (χ4n) is 1.26. The molecule has 1 unspecified atom stereocenters. The van der Waals surface area contributed by atoms with Crippen LogP contribution in [0.5, 0.6) is 0 Å². The highest BCUT2D eigenvalue weighted by molar-refractivity contribution is 5.99. The van der Waals surface area contributed by atoms with Crippen molar-refractivity contribution in [3.63, 3.8) is 0 Å². The minimum absolute atomic E-state index is 0.0507. The third-order valence-electron chi connectivity index (χ3n) is 2.51. The van der Waals surface area contributed by atoms with Crippen LogP contribution in [0.2, 0.25) is 0 Å². The van der Waals surface area contributed by atoms with Crippen molar-refractivity contribution in [2.75, 3.05) is 6.61 Å². The molecule has 0 aromatic carbocycles. The molecule has 0 saturated heterocycles. The Morgan fingerprint density at radius 2 is 1.75 bits per heavy atom. The fourth-order valence-corrected chi connectivity index (χ4v) is 1.26. The third kappa shape index (κ3) is 5.86. The summed E-state index contributed by atoms with van der Waals surface area (Å²) in [5.41, 5.74) is -2.57. The van der Waals surface area contributed by atoms with E-state index in [0.717, 1.165) is 0 Å². The van der Waals surface area contributed by atoms with E-state index < -0.39 is 28.9 Å². The van der Waals surface area contributed by atoms with Crippen molar-refractivity contribution < 1.29 is 29.0 Å². The number of carboxylic acid groups (broad SMARTS) is 1. The summed E-state index contributed by atoms with van der Waals surface area (Å²) >= 11 is 0. The van der Waals surface area contributed by atoms with Gasteiger partial charge >= 0.3 is 17.9 Å². The highest BCUT2D eigenvalue weighted by atomic mass is 16.6. The Bertz CT molecular complexity index is 393. The first kappa shape index (κ1) is 18.1. The van der Waals surface area contributed by atoms with E-state index in [1.807, 2.05) is 0 Å². The first-order valence-corrected chi connectivity index (χ1v) is 6.26. The van der Waals surface area contributed by atoms with Gasteiger partial charge in [-0.15, -0.1) is 0 Å². The topological polar surface area (TPSA) is 89.9 Å². The molecule has 114 valence electrons. The summed E-state index contributed by atoms with van der Waals surface area (Å²) in [5.74, 6) is -2.78. The summed E-state index contributed by atoms with van der Waals surface area (Å²) in [7, 11) is 0. The van der Waals surface area contributed by atoms with E-state index in [-0.39, 0.29) is 19.4 Å². The van der Waals surface area contributed by atoms with Crippen LogP contribution in [0, 0.1) is 5.41 Å². The molecule has 0 radical (unpaired) electrons. The van der Waals surface area contributed by atoms with Crippen LogP contribution >= 0.6 is 0 Å². The van der Waals surface area contributed by atoms with Gasteiger partial charge in [0.05, 0.1) is 0 Å². The molecule has 0 aliphatic rings. The molecule has 0 rings (SSSR count). The molecule has 0 amide bonds.